The summed E-state index contributed by atoms with van der Waals surface area (Å²) in [6.45, 7) is 4.07. The topological polar surface area (TPSA) is 74.8 Å². The molecule has 1 aromatic carbocycles. The van der Waals surface area contributed by atoms with Crippen molar-refractivity contribution in [2.45, 2.75) is 26.3 Å². The van der Waals surface area contributed by atoms with E-state index in [9.17, 15) is 9.59 Å². The first-order valence-corrected chi connectivity index (χ1v) is 9.59. The van der Waals surface area contributed by atoms with Gasteiger partial charge in [0.25, 0.3) is 5.91 Å². The number of carbonyl (C=O) groups is 2. The van der Waals surface area contributed by atoms with Crippen LogP contribution >= 0.6 is 0 Å². The van der Waals surface area contributed by atoms with Crippen molar-refractivity contribution in [2.75, 3.05) is 37.0 Å². The average molecular weight is 380 g/mol. The van der Waals surface area contributed by atoms with Crippen LogP contribution in [0.5, 0.6) is 0 Å². The summed E-state index contributed by atoms with van der Waals surface area (Å²) < 4.78 is 5.08. The first-order valence-electron chi connectivity index (χ1n) is 9.59. The highest BCUT2D eigenvalue weighted by molar-refractivity contribution is 6.05. The lowest BCUT2D eigenvalue weighted by molar-refractivity contribution is 0.101. The van der Waals surface area contributed by atoms with E-state index in [-0.39, 0.29) is 12.0 Å². The lowest BCUT2D eigenvalue weighted by Crippen LogP contribution is -2.37. The Bertz CT molecular complexity index is 928. The molecule has 2 aliphatic rings. The molecule has 0 aliphatic carbocycles. The Labute approximate surface area is 164 Å². The Morgan fingerprint density at radius 3 is 2.86 bits per heavy atom. The van der Waals surface area contributed by atoms with Crippen LogP contribution in [0.1, 0.15) is 34.0 Å². The fraction of sp³-hybridized carbons (Fsp3) is 0.381. The standard InChI is InChI=1S/C21H24N4O3/c1-3-28-21(27)25-9-7-17-15(13-25)11-22-12-18(17)20(26)23-16-4-5-19-14(10-16)6-8-24(19)2/h4-5,10-12H,3,6-9,13H2,1-2H3,(H,23,26). The molecule has 0 spiro atoms. The second-order valence-electron chi connectivity index (χ2n) is 7.16. The van der Waals surface area contributed by atoms with E-state index in [0.29, 0.717) is 31.7 Å². The number of hydrogen-bond acceptors (Lipinski definition) is 5. The fourth-order valence-electron chi connectivity index (χ4n) is 3.90. The highest BCUT2D eigenvalue weighted by Crippen LogP contribution is 2.30. The van der Waals surface area contributed by atoms with E-state index in [1.165, 1.54) is 11.3 Å². The van der Waals surface area contributed by atoms with Gasteiger partial charge in [-0.05, 0) is 54.7 Å². The monoisotopic (exact) mass is 380 g/mol. The number of amides is 2. The van der Waals surface area contributed by atoms with Crippen molar-refractivity contribution >= 4 is 23.4 Å². The summed E-state index contributed by atoms with van der Waals surface area (Å²) in [5.41, 5.74) is 5.67. The Morgan fingerprint density at radius 1 is 1.18 bits per heavy atom. The quantitative estimate of drug-likeness (QED) is 0.886. The second-order valence-corrected chi connectivity index (χ2v) is 7.16. The lowest BCUT2D eigenvalue weighted by Gasteiger charge is -2.28. The summed E-state index contributed by atoms with van der Waals surface area (Å²) in [5, 5.41) is 3.00. The van der Waals surface area contributed by atoms with E-state index >= 15 is 0 Å². The van der Waals surface area contributed by atoms with Crippen LogP contribution in [0, 0.1) is 0 Å². The highest BCUT2D eigenvalue weighted by atomic mass is 16.6. The number of hydrogen-bond donors (Lipinski definition) is 1. The summed E-state index contributed by atoms with van der Waals surface area (Å²) in [6, 6.07) is 6.03. The molecule has 3 heterocycles. The molecule has 146 valence electrons. The molecule has 28 heavy (non-hydrogen) atoms. The number of anilines is 2. The largest absolute Gasteiger partial charge is 0.450 e. The molecule has 2 aromatic rings. The molecule has 0 bridgehead atoms. The van der Waals surface area contributed by atoms with Crippen molar-refractivity contribution in [1.82, 2.24) is 9.88 Å². The van der Waals surface area contributed by atoms with Gasteiger partial charge in [0.05, 0.1) is 18.7 Å². The van der Waals surface area contributed by atoms with Gasteiger partial charge in [0, 0.05) is 43.9 Å². The number of nitrogens with zero attached hydrogens (tertiary/aromatic N) is 3. The number of fused-ring (bicyclic) bond motifs is 2. The third-order valence-corrected chi connectivity index (χ3v) is 5.38. The zero-order valence-electron chi connectivity index (χ0n) is 16.2. The molecule has 0 unspecified atom stereocenters. The molecule has 0 radical (unpaired) electrons. The smallest absolute Gasteiger partial charge is 0.410 e. The van der Waals surface area contributed by atoms with Crippen LogP contribution in [0.25, 0.3) is 0 Å². The molecule has 0 atom stereocenters. The Morgan fingerprint density at radius 2 is 2.04 bits per heavy atom. The number of benzene rings is 1. The number of carbonyl (C=O) groups excluding carboxylic acids is 2. The summed E-state index contributed by atoms with van der Waals surface area (Å²) in [7, 11) is 2.07. The molecule has 4 rings (SSSR count). The molecule has 7 heteroatoms. The van der Waals surface area contributed by atoms with Crippen LogP contribution < -0.4 is 10.2 Å². The minimum Gasteiger partial charge on any atom is -0.450 e. The lowest BCUT2D eigenvalue weighted by atomic mass is 9.97. The molecule has 1 aromatic heterocycles. The van der Waals surface area contributed by atoms with Crippen LogP contribution in [0.15, 0.2) is 30.6 Å². The molecule has 7 nitrogen and oxygen atoms in total. The molecule has 2 amide bonds. The normalized spacial score (nSPS) is 15.1. The molecule has 0 fully saturated rings. The van der Waals surface area contributed by atoms with Crippen molar-refractivity contribution in [1.29, 1.82) is 0 Å². The molecule has 0 saturated heterocycles. The van der Waals surface area contributed by atoms with Crippen LogP contribution in [-0.4, -0.2) is 48.6 Å². The van der Waals surface area contributed by atoms with Crippen molar-refractivity contribution in [3.05, 3.63) is 52.8 Å². The van der Waals surface area contributed by atoms with E-state index in [2.05, 4.69) is 22.2 Å². The third-order valence-electron chi connectivity index (χ3n) is 5.38. The van der Waals surface area contributed by atoms with Gasteiger partial charge in [0.15, 0.2) is 0 Å². The molecular weight excluding hydrogens is 356 g/mol. The van der Waals surface area contributed by atoms with E-state index in [0.717, 1.165) is 29.8 Å². The molecule has 0 saturated carbocycles. The van der Waals surface area contributed by atoms with Gasteiger partial charge in [0.1, 0.15) is 0 Å². The summed E-state index contributed by atoms with van der Waals surface area (Å²) in [6.07, 6.45) is 4.60. The van der Waals surface area contributed by atoms with E-state index in [4.69, 9.17) is 4.74 Å². The number of likely N-dealkylation sites (N-methyl/N-ethyl adjacent to an activating group) is 1. The predicted octanol–water partition coefficient (Wildman–Crippen LogP) is 2.84. The van der Waals surface area contributed by atoms with Gasteiger partial charge >= 0.3 is 6.09 Å². The average Bonchev–Trinajstić information content (AvgIpc) is 3.07. The van der Waals surface area contributed by atoms with Crippen LogP contribution in [0.2, 0.25) is 0 Å². The summed E-state index contributed by atoms with van der Waals surface area (Å²) >= 11 is 0. The van der Waals surface area contributed by atoms with Gasteiger partial charge in [-0.3, -0.25) is 9.78 Å². The molecule has 1 N–H and O–H groups in total. The molecule has 2 aliphatic heterocycles. The SMILES string of the molecule is CCOC(=O)N1CCc2c(cncc2C(=O)Nc2ccc3c(c2)CCN3C)C1. The number of pyridine rings is 1. The van der Waals surface area contributed by atoms with Crippen molar-refractivity contribution in [3.63, 3.8) is 0 Å². The predicted molar refractivity (Wildman–Crippen MR) is 107 cm³/mol. The van der Waals surface area contributed by atoms with Gasteiger partial charge in [-0.2, -0.15) is 0 Å². The van der Waals surface area contributed by atoms with Gasteiger partial charge in [-0.1, -0.05) is 0 Å². The van der Waals surface area contributed by atoms with Gasteiger partial charge in [0.2, 0.25) is 0 Å². The highest BCUT2D eigenvalue weighted by Gasteiger charge is 2.26. The van der Waals surface area contributed by atoms with Crippen LogP contribution in [-0.2, 0) is 24.1 Å². The minimum atomic E-state index is -0.328. The fourth-order valence-corrected chi connectivity index (χ4v) is 3.90. The maximum atomic E-state index is 12.9. The van der Waals surface area contributed by atoms with E-state index < -0.39 is 0 Å². The Balaban J connectivity index is 1.52. The third kappa shape index (κ3) is 3.40. The first kappa shape index (κ1) is 18.3. The van der Waals surface area contributed by atoms with Crippen molar-refractivity contribution in [2.24, 2.45) is 0 Å². The number of nitrogens with one attached hydrogen (secondary N) is 1. The number of aromatic nitrogens is 1. The Hall–Kier alpha value is -3.09. The number of rotatable bonds is 3. The maximum Gasteiger partial charge on any atom is 0.410 e. The van der Waals surface area contributed by atoms with E-state index in [1.54, 1.807) is 24.2 Å². The maximum absolute atomic E-state index is 12.9. The van der Waals surface area contributed by atoms with Crippen LogP contribution in [0.4, 0.5) is 16.2 Å². The number of ether oxygens (including phenoxy) is 1. The summed E-state index contributed by atoms with van der Waals surface area (Å²) in [5.74, 6) is -0.166. The zero-order chi connectivity index (χ0) is 19.7. The van der Waals surface area contributed by atoms with Crippen LogP contribution in [0.3, 0.4) is 0 Å². The summed E-state index contributed by atoms with van der Waals surface area (Å²) in [4.78, 5) is 33.0. The zero-order valence-corrected chi connectivity index (χ0v) is 16.2. The van der Waals surface area contributed by atoms with Crippen molar-refractivity contribution < 1.29 is 14.3 Å². The van der Waals surface area contributed by atoms with E-state index in [1.807, 2.05) is 18.2 Å². The van der Waals surface area contributed by atoms with Crippen molar-refractivity contribution in [3.8, 4) is 0 Å². The molecular formula is C21H24N4O3. The first-order chi connectivity index (χ1) is 13.6. The Kier molecular flexibility index (Phi) is 4.90. The van der Waals surface area contributed by atoms with Gasteiger partial charge in [-0.15, -0.1) is 0 Å². The van der Waals surface area contributed by atoms with Gasteiger partial charge in [-0.25, -0.2) is 4.79 Å². The minimum absolute atomic E-state index is 0.166. The second kappa shape index (κ2) is 7.50. The van der Waals surface area contributed by atoms with Gasteiger partial charge < -0.3 is 19.9 Å².